The zero-order valence-electron chi connectivity index (χ0n) is 10.4. The number of amides is 2. The summed E-state index contributed by atoms with van der Waals surface area (Å²) in [6.07, 6.45) is 4.59. The van der Waals surface area contributed by atoms with Crippen LogP contribution in [0.15, 0.2) is 0 Å². The fraction of sp³-hybridized carbons (Fsp3) is 0.833. The number of rotatable bonds is 2. The number of nitrogens with two attached hydrogens (primary N) is 1. The molecule has 2 rings (SSSR count). The molecule has 2 aliphatic heterocycles. The average molecular weight is 239 g/mol. The van der Waals surface area contributed by atoms with Crippen LogP contribution in [0.4, 0.5) is 0 Å². The van der Waals surface area contributed by atoms with E-state index in [1.807, 2.05) is 6.92 Å². The molecule has 0 aromatic rings. The number of nitrogens with one attached hydrogen (secondary N) is 1. The van der Waals surface area contributed by atoms with Crippen LogP contribution in [-0.4, -0.2) is 41.4 Å². The SMILES string of the molecule is CC1(C(=O)N2CCCC2C(N)=O)CCCCN1. The number of carbonyl (C=O) groups is 2. The summed E-state index contributed by atoms with van der Waals surface area (Å²) < 4.78 is 0. The second kappa shape index (κ2) is 4.64. The molecule has 2 fully saturated rings. The topological polar surface area (TPSA) is 75.4 Å². The molecule has 0 aromatic carbocycles. The lowest BCUT2D eigenvalue weighted by molar-refractivity contribution is -0.143. The predicted molar refractivity (Wildman–Crippen MR) is 64.2 cm³/mol. The predicted octanol–water partition coefficient (Wildman–Crippen LogP) is -0.00510. The van der Waals surface area contributed by atoms with E-state index in [0.29, 0.717) is 13.0 Å². The maximum Gasteiger partial charge on any atom is 0.243 e. The van der Waals surface area contributed by atoms with Crippen molar-refractivity contribution in [2.24, 2.45) is 5.73 Å². The Labute approximate surface area is 102 Å². The molecule has 2 heterocycles. The van der Waals surface area contributed by atoms with Crippen molar-refractivity contribution in [1.29, 1.82) is 0 Å². The van der Waals surface area contributed by atoms with E-state index in [1.165, 1.54) is 0 Å². The monoisotopic (exact) mass is 239 g/mol. The van der Waals surface area contributed by atoms with Gasteiger partial charge >= 0.3 is 0 Å². The zero-order valence-corrected chi connectivity index (χ0v) is 10.4. The molecule has 2 amide bonds. The average Bonchev–Trinajstić information content (AvgIpc) is 2.77. The summed E-state index contributed by atoms with van der Waals surface area (Å²) in [6, 6.07) is -0.400. The van der Waals surface area contributed by atoms with Gasteiger partial charge in [0.2, 0.25) is 11.8 Å². The van der Waals surface area contributed by atoms with Gasteiger partial charge in [0.1, 0.15) is 6.04 Å². The van der Waals surface area contributed by atoms with Gasteiger partial charge in [-0.05, 0) is 45.6 Å². The summed E-state index contributed by atoms with van der Waals surface area (Å²) in [5.74, 6) is -0.339. The highest BCUT2D eigenvalue weighted by molar-refractivity contribution is 5.92. The van der Waals surface area contributed by atoms with Crippen LogP contribution in [0.2, 0.25) is 0 Å². The van der Waals surface area contributed by atoms with Gasteiger partial charge in [0.25, 0.3) is 0 Å². The first-order valence-electron chi connectivity index (χ1n) is 6.40. The van der Waals surface area contributed by atoms with Gasteiger partial charge in [0, 0.05) is 6.54 Å². The molecular formula is C12H21N3O2. The third-order valence-electron chi connectivity index (χ3n) is 3.93. The van der Waals surface area contributed by atoms with Crippen LogP contribution in [0.5, 0.6) is 0 Å². The maximum atomic E-state index is 12.5. The fourth-order valence-electron chi connectivity index (χ4n) is 2.86. The molecule has 0 aromatic heterocycles. The molecule has 5 heteroatoms. The Morgan fingerprint density at radius 2 is 2.12 bits per heavy atom. The van der Waals surface area contributed by atoms with Crippen LogP contribution >= 0.6 is 0 Å². The largest absolute Gasteiger partial charge is 0.368 e. The first-order valence-corrected chi connectivity index (χ1v) is 6.40. The number of primary amides is 1. The number of hydrogen-bond acceptors (Lipinski definition) is 3. The van der Waals surface area contributed by atoms with Crippen LogP contribution in [0.1, 0.15) is 39.0 Å². The molecule has 5 nitrogen and oxygen atoms in total. The highest BCUT2D eigenvalue weighted by Crippen LogP contribution is 2.26. The third-order valence-corrected chi connectivity index (χ3v) is 3.93. The van der Waals surface area contributed by atoms with Crippen LogP contribution in [0.3, 0.4) is 0 Å². The van der Waals surface area contributed by atoms with Gasteiger partial charge in [-0.2, -0.15) is 0 Å². The van der Waals surface area contributed by atoms with Gasteiger partial charge in [0.05, 0.1) is 5.54 Å². The second-order valence-corrected chi connectivity index (χ2v) is 5.27. The lowest BCUT2D eigenvalue weighted by Crippen LogP contribution is -2.60. The molecule has 0 aliphatic carbocycles. The number of nitrogens with zero attached hydrogens (tertiary/aromatic N) is 1. The Kier molecular flexibility index (Phi) is 3.38. The third kappa shape index (κ3) is 2.29. The summed E-state index contributed by atoms with van der Waals surface area (Å²) in [5.41, 5.74) is 4.84. The lowest BCUT2D eigenvalue weighted by atomic mass is 9.89. The van der Waals surface area contributed by atoms with E-state index < -0.39 is 11.6 Å². The molecule has 0 spiro atoms. The van der Waals surface area contributed by atoms with Crippen molar-refractivity contribution in [2.45, 2.75) is 50.6 Å². The van der Waals surface area contributed by atoms with E-state index in [0.717, 1.165) is 32.2 Å². The minimum Gasteiger partial charge on any atom is -0.368 e. The molecule has 96 valence electrons. The van der Waals surface area contributed by atoms with Crippen molar-refractivity contribution in [3.8, 4) is 0 Å². The summed E-state index contributed by atoms with van der Waals surface area (Å²) in [7, 11) is 0. The first kappa shape index (κ1) is 12.4. The normalized spacial score (nSPS) is 33.7. The van der Waals surface area contributed by atoms with Crippen LogP contribution in [0.25, 0.3) is 0 Å². The van der Waals surface area contributed by atoms with Gasteiger partial charge in [-0.1, -0.05) is 0 Å². The summed E-state index contributed by atoms with van der Waals surface area (Å²) in [6.45, 7) is 3.46. The van der Waals surface area contributed by atoms with Gasteiger partial charge < -0.3 is 16.0 Å². The van der Waals surface area contributed by atoms with E-state index in [2.05, 4.69) is 5.32 Å². The molecule has 0 radical (unpaired) electrons. The minimum atomic E-state index is -0.504. The molecule has 0 saturated carbocycles. The molecule has 2 unspecified atom stereocenters. The minimum absolute atomic E-state index is 0.0403. The van der Waals surface area contributed by atoms with Gasteiger partial charge in [-0.3, -0.25) is 9.59 Å². The lowest BCUT2D eigenvalue weighted by Gasteiger charge is -2.38. The standard InChI is InChI=1S/C12H21N3O2/c1-12(6-2-3-7-14-12)11(17)15-8-4-5-9(15)10(13)16/h9,14H,2-8H2,1H3,(H2,13,16). The quantitative estimate of drug-likeness (QED) is 0.712. The summed E-state index contributed by atoms with van der Waals surface area (Å²) in [5, 5.41) is 3.29. The van der Waals surface area contributed by atoms with E-state index in [4.69, 9.17) is 5.73 Å². The molecule has 17 heavy (non-hydrogen) atoms. The molecular weight excluding hydrogens is 218 g/mol. The van der Waals surface area contributed by atoms with Crippen LogP contribution < -0.4 is 11.1 Å². The number of hydrogen-bond donors (Lipinski definition) is 2. The van der Waals surface area contributed by atoms with E-state index in [-0.39, 0.29) is 11.8 Å². The molecule has 2 aliphatic rings. The molecule has 3 N–H and O–H groups in total. The van der Waals surface area contributed by atoms with Crippen molar-refractivity contribution in [2.75, 3.05) is 13.1 Å². The highest BCUT2D eigenvalue weighted by atomic mass is 16.2. The van der Waals surface area contributed by atoms with Gasteiger partial charge in [-0.25, -0.2) is 0 Å². The fourth-order valence-corrected chi connectivity index (χ4v) is 2.86. The summed E-state index contributed by atoms with van der Waals surface area (Å²) in [4.78, 5) is 25.5. The molecule has 0 bridgehead atoms. The smallest absolute Gasteiger partial charge is 0.243 e. The van der Waals surface area contributed by atoms with E-state index >= 15 is 0 Å². The van der Waals surface area contributed by atoms with E-state index in [1.54, 1.807) is 4.90 Å². The molecule has 2 saturated heterocycles. The van der Waals surface area contributed by atoms with Crippen molar-refractivity contribution in [1.82, 2.24) is 10.2 Å². The van der Waals surface area contributed by atoms with Crippen LogP contribution in [0, 0.1) is 0 Å². The Balaban J connectivity index is 2.10. The van der Waals surface area contributed by atoms with Gasteiger partial charge in [-0.15, -0.1) is 0 Å². The van der Waals surface area contributed by atoms with Crippen molar-refractivity contribution in [3.63, 3.8) is 0 Å². The number of likely N-dealkylation sites (tertiary alicyclic amines) is 1. The Bertz CT molecular complexity index is 324. The van der Waals surface area contributed by atoms with Crippen LogP contribution in [-0.2, 0) is 9.59 Å². The molecule has 2 atom stereocenters. The summed E-state index contributed by atoms with van der Waals surface area (Å²) >= 11 is 0. The first-order chi connectivity index (χ1) is 8.04. The Morgan fingerprint density at radius 1 is 1.35 bits per heavy atom. The van der Waals surface area contributed by atoms with Crippen molar-refractivity contribution < 1.29 is 9.59 Å². The highest BCUT2D eigenvalue weighted by Gasteiger charge is 2.42. The number of piperidine rings is 1. The van der Waals surface area contributed by atoms with E-state index in [9.17, 15) is 9.59 Å². The second-order valence-electron chi connectivity index (χ2n) is 5.27. The zero-order chi connectivity index (χ0) is 12.5. The number of carbonyl (C=O) groups excluding carboxylic acids is 2. The van der Waals surface area contributed by atoms with Crippen molar-refractivity contribution in [3.05, 3.63) is 0 Å². The maximum absolute atomic E-state index is 12.5. The Morgan fingerprint density at radius 3 is 2.71 bits per heavy atom. The van der Waals surface area contributed by atoms with Crippen molar-refractivity contribution >= 4 is 11.8 Å². The van der Waals surface area contributed by atoms with Gasteiger partial charge in [0.15, 0.2) is 0 Å². The Hall–Kier alpha value is -1.10.